The van der Waals surface area contributed by atoms with Gasteiger partial charge in [0.25, 0.3) is 16.8 Å². The Morgan fingerprint density at radius 1 is 1.03 bits per heavy atom. The number of carbonyl (C=O) groups excluding carboxylic acids is 2. The van der Waals surface area contributed by atoms with Crippen molar-refractivity contribution < 1.29 is 36.6 Å². The molecule has 0 atom stereocenters. The first kappa shape index (κ1) is 28.0. The minimum absolute atomic E-state index is 0.00676. The van der Waals surface area contributed by atoms with E-state index in [2.05, 4.69) is 0 Å². The quantitative estimate of drug-likeness (QED) is 0.135. The zero-order chi connectivity index (χ0) is 28.2. The molecule has 11 nitrogen and oxygen atoms in total. The lowest BCUT2D eigenvalue weighted by molar-refractivity contribution is -0.387. The van der Waals surface area contributed by atoms with Crippen molar-refractivity contribution in [2.24, 2.45) is 0 Å². The van der Waals surface area contributed by atoms with Crippen LogP contribution in [-0.2, 0) is 14.9 Å². The fourth-order valence-corrected chi connectivity index (χ4v) is 5.64. The second kappa shape index (κ2) is 11.8. The Balaban J connectivity index is 1.49. The van der Waals surface area contributed by atoms with Crippen molar-refractivity contribution in [2.45, 2.75) is 4.90 Å². The van der Waals surface area contributed by atoms with Crippen LogP contribution in [0.3, 0.4) is 0 Å². The van der Waals surface area contributed by atoms with Gasteiger partial charge < -0.3 is 13.7 Å². The number of benzene rings is 3. The largest absolute Gasteiger partial charge is 0.493 e. The van der Waals surface area contributed by atoms with Gasteiger partial charge in [-0.3, -0.25) is 24.6 Å². The number of halogens is 1. The van der Waals surface area contributed by atoms with Gasteiger partial charge >= 0.3 is 10.1 Å². The van der Waals surface area contributed by atoms with E-state index >= 15 is 0 Å². The van der Waals surface area contributed by atoms with Crippen LogP contribution in [0, 0.1) is 10.1 Å². The number of hydrogen-bond acceptors (Lipinski definition) is 10. The first-order chi connectivity index (χ1) is 18.6. The molecule has 0 radical (unpaired) electrons. The zero-order valence-electron chi connectivity index (χ0n) is 20.1. The summed E-state index contributed by atoms with van der Waals surface area (Å²) in [7, 11) is -3.30. The highest BCUT2D eigenvalue weighted by Crippen LogP contribution is 2.36. The van der Waals surface area contributed by atoms with Crippen LogP contribution in [0.25, 0.3) is 6.08 Å². The van der Waals surface area contributed by atoms with Crippen molar-refractivity contribution in [1.29, 1.82) is 0 Å². The highest BCUT2D eigenvalue weighted by molar-refractivity contribution is 8.18. The number of rotatable bonds is 10. The van der Waals surface area contributed by atoms with Crippen LogP contribution in [-0.4, -0.2) is 49.6 Å². The summed E-state index contributed by atoms with van der Waals surface area (Å²) in [5, 5.41) is 11.2. The molecule has 4 rings (SSSR count). The Labute approximate surface area is 232 Å². The molecule has 39 heavy (non-hydrogen) atoms. The van der Waals surface area contributed by atoms with E-state index in [9.17, 15) is 28.1 Å². The Morgan fingerprint density at radius 3 is 2.46 bits per heavy atom. The maximum Gasteiger partial charge on any atom is 0.346 e. The van der Waals surface area contributed by atoms with Crippen LogP contribution in [0.4, 0.5) is 10.5 Å². The third kappa shape index (κ3) is 6.33. The zero-order valence-corrected chi connectivity index (χ0v) is 22.5. The molecule has 202 valence electrons. The Morgan fingerprint density at radius 2 is 1.74 bits per heavy atom. The summed E-state index contributed by atoms with van der Waals surface area (Å²) >= 11 is 6.79. The van der Waals surface area contributed by atoms with Crippen molar-refractivity contribution >= 4 is 56.4 Å². The van der Waals surface area contributed by atoms with Crippen LogP contribution in [0.15, 0.2) is 76.5 Å². The molecule has 1 fully saturated rings. The molecule has 0 aliphatic carbocycles. The third-order valence-corrected chi connectivity index (χ3v) is 7.80. The molecule has 1 aliphatic heterocycles. The number of nitro groups is 1. The fraction of sp³-hybridized carbons (Fsp3) is 0.120. The van der Waals surface area contributed by atoms with E-state index in [0.717, 1.165) is 28.8 Å². The van der Waals surface area contributed by atoms with E-state index < -0.39 is 36.8 Å². The number of nitrogens with zero attached hydrogens (tertiary/aromatic N) is 2. The molecule has 0 spiro atoms. The Kier molecular flexibility index (Phi) is 8.43. The number of methoxy groups -OCH3 is 1. The number of amides is 2. The number of imide groups is 1. The van der Waals surface area contributed by atoms with Gasteiger partial charge in [-0.05, 0) is 53.7 Å². The molecule has 0 aromatic heterocycles. The average Bonchev–Trinajstić information content (AvgIpc) is 3.17. The second-order valence-electron chi connectivity index (χ2n) is 7.78. The van der Waals surface area contributed by atoms with Crippen molar-refractivity contribution in [3.8, 4) is 17.2 Å². The first-order valence-electron chi connectivity index (χ1n) is 11.1. The minimum atomic E-state index is -4.58. The van der Waals surface area contributed by atoms with Crippen molar-refractivity contribution in [3.05, 3.63) is 92.3 Å². The van der Waals surface area contributed by atoms with Gasteiger partial charge in [0.1, 0.15) is 12.4 Å². The van der Waals surface area contributed by atoms with Crippen LogP contribution in [0.1, 0.15) is 5.56 Å². The summed E-state index contributed by atoms with van der Waals surface area (Å²) < 4.78 is 41.5. The van der Waals surface area contributed by atoms with Crippen LogP contribution in [0.5, 0.6) is 17.2 Å². The number of nitro benzene ring substituents is 1. The van der Waals surface area contributed by atoms with Gasteiger partial charge in [0.15, 0.2) is 16.4 Å². The smallest absolute Gasteiger partial charge is 0.346 e. The molecule has 0 N–H and O–H groups in total. The van der Waals surface area contributed by atoms with Crippen molar-refractivity contribution in [3.63, 3.8) is 0 Å². The van der Waals surface area contributed by atoms with Gasteiger partial charge in [-0.25, -0.2) is 0 Å². The summed E-state index contributed by atoms with van der Waals surface area (Å²) in [6.45, 7) is 0.0514. The average molecular weight is 591 g/mol. The predicted molar refractivity (Wildman–Crippen MR) is 144 cm³/mol. The summed E-state index contributed by atoms with van der Waals surface area (Å²) in [4.78, 5) is 36.2. The molecule has 1 heterocycles. The summed E-state index contributed by atoms with van der Waals surface area (Å²) in [5.41, 5.74) is -0.221. The number of thioether (sulfide) groups is 1. The molecular weight excluding hydrogens is 572 g/mol. The van der Waals surface area contributed by atoms with E-state index in [1.807, 2.05) is 0 Å². The molecule has 0 bridgehead atoms. The highest BCUT2D eigenvalue weighted by atomic mass is 35.5. The van der Waals surface area contributed by atoms with E-state index in [1.54, 1.807) is 24.3 Å². The van der Waals surface area contributed by atoms with Gasteiger partial charge in [-0.1, -0.05) is 41.9 Å². The predicted octanol–water partition coefficient (Wildman–Crippen LogP) is 5.14. The lowest BCUT2D eigenvalue weighted by Crippen LogP contribution is -2.32. The molecule has 3 aromatic rings. The fourth-order valence-electron chi connectivity index (χ4n) is 3.48. The Bertz CT molecular complexity index is 1590. The molecule has 0 saturated carbocycles. The van der Waals surface area contributed by atoms with Gasteiger partial charge in [-0.15, -0.1) is 0 Å². The molecular formula is C25H19ClN2O9S2. The number of carbonyl (C=O) groups is 2. The standard InChI is InChI=1S/C25H19ClN2O9S2/c1-35-21-14-16(10-11-20(21)37-39(33,34)23-9-5-3-7-18(23)28(31)32)15-22-24(29)27(25(30)38-22)12-13-36-19-8-4-2-6-17(19)26/h2-11,14-15H,12-13H2,1H3/b22-15-. The summed E-state index contributed by atoms with van der Waals surface area (Å²) in [6, 6.07) is 15.7. The molecule has 3 aromatic carbocycles. The van der Waals surface area contributed by atoms with Gasteiger partial charge in [0.05, 0.1) is 28.5 Å². The summed E-state index contributed by atoms with van der Waals surface area (Å²) in [6.07, 6.45) is 1.45. The summed E-state index contributed by atoms with van der Waals surface area (Å²) in [5.74, 6) is -0.332. The first-order valence-corrected chi connectivity index (χ1v) is 13.7. The molecule has 2 amide bonds. The number of para-hydroxylation sites is 2. The number of ether oxygens (including phenoxy) is 2. The van der Waals surface area contributed by atoms with Crippen molar-refractivity contribution in [1.82, 2.24) is 4.90 Å². The lowest BCUT2D eigenvalue weighted by Gasteiger charge is -2.13. The highest BCUT2D eigenvalue weighted by Gasteiger charge is 2.35. The molecule has 0 unspecified atom stereocenters. The normalized spacial score (nSPS) is 14.5. The Hall–Kier alpha value is -4.07. The van der Waals surface area contributed by atoms with E-state index in [1.165, 1.54) is 43.5 Å². The van der Waals surface area contributed by atoms with Gasteiger partial charge in [-0.2, -0.15) is 8.42 Å². The molecule has 1 aliphatic rings. The second-order valence-corrected chi connectivity index (χ2v) is 10.7. The van der Waals surface area contributed by atoms with Crippen LogP contribution in [0.2, 0.25) is 5.02 Å². The number of hydrogen-bond donors (Lipinski definition) is 0. The van der Waals surface area contributed by atoms with Crippen LogP contribution >= 0.6 is 23.4 Å². The maximum atomic E-state index is 12.8. The monoisotopic (exact) mass is 590 g/mol. The molecule has 1 saturated heterocycles. The molecule has 14 heteroatoms. The maximum absolute atomic E-state index is 12.8. The van der Waals surface area contributed by atoms with E-state index in [-0.39, 0.29) is 29.6 Å². The van der Waals surface area contributed by atoms with Crippen molar-refractivity contribution in [2.75, 3.05) is 20.3 Å². The topological polar surface area (TPSA) is 142 Å². The van der Waals surface area contributed by atoms with E-state index in [0.29, 0.717) is 16.3 Å². The SMILES string of the molecule is COc1cc(/C=C2\SC(=O)N(CCOc3ccccc3Cl)C2=O)ccc1OS(=O)(=O)c1ccccc1[N+](=O)[O-]. The lowest BCUT2D eigenvalue weighted by atomic mass is 10.2. The van der Waals surface area contributed by atoms with Gasteiger partial charge in [0, 0.05) is 6.07 Å². The minimum Gasteiger partial charge on any atom is -0.493 e. The van der Waals surface area contributed by atoms with Crippen LogP contribution < -0.4 is 13.7 Å². The van der Waals surface area contributed by atoms with E-state index in [4.69, 9.17) is 25.3 Å². The third-order valence-electron chi connectivity index (χ3n) is 5.30. The van der Waals surface area contributed by atoms with Gasteiger partial charge in [0.2, 0.25) is 0 Å².